The van der Waals surface area contributed by atoms with Gasteiger partial charge >= 0.3 is 0 Å². The first kappa shape index (κ1) is 11.8. The van der Waals surface area contributed by atoms with Crippen molar-refractivity contribution in [1.82, 2.24) is 10.7 Å². The first-order valence-corrected chi connectivity index (χ1v) is 5.64. The zero-order chi connectivity index (χ0) is 12.5. The van der Waals surface area contributed by atoms with Gasteiger partial charge in [0.1, 0.15) is 5.66 Å². The predicted molar refractivity (Wildman–Crippen MR) is 70.0 cm³/mol. The zero-order valence-corrected chi connectivity index (χ0v) is 10.3. The van der Waals surface area contributed by atoms with Crippen LogP contribution in [0.2, 0.25) is 0 Å². The van der Waals surface area contributed by atoms with Crippen LogP contribution >= 0.6 is 12.2 Å². The highest BCUT2D eigenvalue weighted by molar-refractivity contribution is 7.80. The van der Waals surface area contributed by atoms with Crippen molar-refractivity contribution >= 4 is 28.9 Å². The first-order chi connectivity index (χ1) is 8.00. The summed E-state index contributed by atoms with van der Waals surface area (Å²) in [7, 11) is 0. The first-order valence-electron chi connectivity index (χ1n) is 5.24. The number of nitrogens with one attached hydrogen (secondary N) is 2. The maximum Gasteiger partial charge on any atom is 0.221 e. The number of para-hydroxylation sites is 1. The van der Waals surface area contributed by atoms with Crippen molar-refractivity contribution in [1.29, 1.82) is 0 Å². The molecule has 17 heavy (non-hydrogen) atoms. The van der Waals surface area contributed by atoms with Crippen LogP contribution in [0.1, 0.15) is 13.3 Å². The Morgan fingerprint density at radius 3 is 2.71 bits per heavy atom. The quantitative estimate of drug-likeness (QED) is 0.681. The van der Waals surface area contributed by atoms with Gasteiger partial charge < -0.3 is 11.1 Å². The lowest BCUT2D eigenvalue weighted by atomic mass is 10.1. The minimum Gasteiger partial charge on any atom is -0.370 e. The zero-order valence-electron chi connectivity index (χ0n) is 9.43. The van der Waals surface area contributed by atoms with Crippen LogP contribution in [0.15, 0.2) is 30.3 Å². The van der Waals surface area contributed by atoms with Crippen LogP contribution in [0.3, 0.4) is 0 Å². The van der Waals surface area contributed by atoms with Gasteiger partial charge in [-0.25, -0.2) is 5.43 Å². The summed E-state index contributed by atoms with van der Waals surface area (Å²) < 4.78 is 0. The molecule has 1 amide bonds. The van der Waals surface area contributed by atoms with Gasteiger partial charge in [0.25, 0.3) is 0 Å². The summed E-state index contributed by atoms with van der Waals surface area (Å²) in [5.74, 6) is -0.384. The summed E-state index contributed by atoms with van der Waals surface area (Å²) in [5, 5.41) is 5.32. The van der Waals surface area contributed by atoms with E-state index in [-0.39, 0.29) is 12.3 Å². The molecule has 5 nitrogen and oxygen atoms in total. The molecule has 1 atom stereocenters. The number of primary amides is 1. The van der Waals surface area contributed by atoms with Gasteiger partial charge in [0.2, 0.25) is 5.91 Å². The van der Waals surface area contributed by atoms with E-state index in [9.17, 15) is 4.79 Å². The second kappa shape index (κ2) is 4.31. The average molecular weight is 250 g/mol. The number of anilines is 1. The number of thiocarbonyl (C=S) groups is 1. The number of carbonyl (C=O) groups is 1. The molecule has 0 spiro atoms. The number of hydrogen-bond acceptors (Lipinski definition) is 3. The molecule has 6 heteroatoms. The fourth-order valence-electron chi connectivity index (χ4n) is 1.81. The minimum absolute atomic E-state index is 0.163. The Kier molecular flexibility index (Phi) is 2.99. The van der Waals surface area contributed by atoms with Crippen LogP contribution in [0.25, 0.3) is 0 Å². The Balaban J connectivity index is 2.18. The Hall–Kier alpha value is -1.66. The van der Waals surface area contributed by atoms with Gasteiger partial charge in [0.05, 0.1) is 12.1 Å². The number of carbonyl (C=O) groups excluding carboxylic acids is 1. The molecule has 1 heterocycles. The predicted octanol–water partition coefficient (Wildman–Crippen LogP) is 0.477. The van der Waals surface area contributed by atoms with Gasteiger partial charge in [0.15, 0.2) is 5.11 Å². The fourth-order valence-corrected chi connectivity index (χ4v) is 2.18. The van der Waals surface area contributed by atoms with Crippen molar-refractivity contribution < 1.29 is 4.79 Å². The second-order valence-corrected chi connectivity index (χ2v) is 4.57. The van der Waals surface area contributed by atoms with E-state index in [1.165, 1.54) is 0 Å². The van der Waals surface area contributed by atoms with Gasteiger partial charge in [-0.2, -0.15) is 0 Å². The summed E-state index contributed by atoms with van der Waals surface area (Å²) in [4.78, 5) is 11.0. The van der Waals surface area contributed by atoms with Crippen molar-refractivity contribution in [3.8, 4) is 0 Å². The van der Waals surface area contributed by atoms with Crippen molar-refractivity contribution in [3.63, 3.8) is 0 Å². The molecule has 1 unspecified atom stereocenters. The molecule has 1 aromatic rings. The van der Waals surface area contributed by atoms with Crippen LogP contribution < -0.4 is 21.5 Å². The highest BCUT2D eigenvalue weighted by Crippen LogP contribution is 2.20. The molecule has 1 saturated heterocycles. The third-order valence-corrected chi connectivity index (χ3v) is 2.77. The standard InChI is InChI=1S/C11H14N4OS/c1-11(7-9(12)16)13-10(17)15(14-11)8-5-3-2-4-6-8/h2-6,14H,7H2,1H3,(H2,12,16)(H,13,17). The maximum atomic E-state index is 11.0. The van der Waals surface area contributed by atoms with Crippen molar-refractivity contribution in [2.75, 3.05) is 5.01 Å². The molecule has 2 rings (SSSR count). The lowest BCUT2D eigenvalue weighted by Gasteiger charge is -2.24. The molecular formula is C11H14N4OS. The van der Waals surface area contributed by atoms with E-state index in [0.29, 0.717) is 5.11 Å². The summed E-state index contributed by atoms with van der Waals surface area (Å²) in [6.45, 7) is 1.84. The van der Waals surface area contributed by atoms with Gasteiger partial charge in [-0.3, -0.25) is 9.80 Å². The maximum absolute atomic E-state index is 11.0. The Bertz CT molecular complexity index is 450. The molecule has 1 fully saturated rings. The van der Waals surface area contributed by atoms with Crippen molar-refractivity contribution in [2.24, 2.45) is 5.73 Å². The number of nitrogens with two attached hydrogens (primary N) is 1. The number of hydrazine groups is 1. The lowest BCUT2D eigenvalue weighted by molar-refractivity contribution is -0.119. The number of benzene rings is 1. The van der Waals surface area contributed by atoms with E-state index in [1.54, 1.807) is 5.01 Å². The van der Waals surface area contributed by atoms with Gasteiger partial charge in [-0.1, -0.05) is 18.2 Å². The van der Waals surface area contributed by atoms with Crippen LogP contribution in [-0.4, -0.2) is 16.7 Å². The lowest BCUT2D eigenvalue weighted by Crippen LogP contribution is -2.51. The van der Waals surface area contributed by atoms with Crippen molar-refractivity contribution in [2.45, 2.75) is 19.0 Å². The monoisotopic (exact) mass is 250 g/mol. The molecular weight excluding hydrogens is 236 g/mol. The van der Waals surface area contributed by atoms with E-state index in [1.807, 2.05) is 37.3 Å². The molecule has 1 aromatic carbocycles. The highest BCUT2D eigenvalue weighted by Gasteiger charge is 2.37. The number of amides is 1. The van der Waals surface area contributed by atoms with E-state index < -0.39 is 5.66 Å². The van der Waals surface area contributed by atoms with E-state index in [0.717, 1.165) is 5.69 Å². The summed E-state index contributed by atoms with van der Waals surface area (Å²) in [5.41, 5.74) is 8.64. The number of nitrogens with zero attached hydrogens (tertiary/aromatic N) is 1. The number of rotatable bonds is 3. The Morgan fingerprint density at radius 1 is 1.47 bits per heavy atom. The van der Waals surface area contributed by atoms with Crippen LogP contribution in [0.4, 0.5) is 5.69 Å². The van der Waals surface area contributed by atoms with Crippen molar-refractivity contribution in [3.05, 3.63) is 30.3 Å². The molecule has 1 aliphatic heterocycles. The normalized spacial score (nSPS) is 23.6. The number of hydrogen-bond donors (Lipinski definition) is 3. The molecule has 90 valence electrons. The molecule has 0 bridgehead atoms. The molecule has 0 saturated carbocycles. The molecule has 4 N–H and O–H groups in total. The summed E-state index contributed by atoms with van der Waals surface area (Å²) in [6, 6.07) is 9.62. The average Bonchev–Trinajstić information content (AvgIpc) is 2.54. The van der Waals surface area contributed by atoms with E-state index in [2.05, 4.69) is 10.7 Å². The fraction of sp³-hybridized carbons (Fsp3) is 0.273. The summed E-state index contributed by atoms with van der Waals surface area (Å²) in [6.07, 6.45) is 0.163. The Labute approximate surface area is 105 Å². The molecule has 0 aromatic heterocycles. The van der Waals surface area contributed by atoms with Crippen LogP contribution in [0.5, 0.6) is 0 Å². The third-order valence-electron chi connectivity index (χ3n) is 2.49. The largest absolute Gasteiger partial charge is 0.370 e. The van der Waals surface area contributed by atoms with E-state index in [4.69, 9.17) is 18.0 Å². The molecule has 1 aliphatic rings. The smallest absolute Gasteiger partial charge is 0.221 e. The topological polar surface area (TPSA) is 70.4 Å². The van der Waals surface area contributed by atoms with Gasteiger partial charge in [-0.05, 0) is 31.3 Å². The highest BCUT2D eigenvalue weighted by atomic mass is 32.1. The van der Waals surface area contributed by atoms with Gasteiger partial charge in [-0.15, -0.1) is 0 Å². The third kappa shape index (κ3) is 2.54. The summed E-state index contributed by atoms with van der Waals surface area (Å²) >= 11 is 5.22. The minimum atomic E-state index is -0.626. The van der Waals surface area contributed by atoms with Crippen LogP contribution in [0, 0.1) is 0 Å². The molecule has 0 radical (unpaired) electrons. The SMILES string of the molecule is CC1(CC(N)=O)NC(=S)N(c2ccccc2)N1. The van der Waals surface area contributed by atoms with Crippen LogP contribution in [-0.2, 0) is 4.79 Å². The van der Waals surface area contributed by atoms with E-state index >= 15 is 0 Å². The molecule has 0 aliphatic carbocycles. The van der Waals surface area contributed by atoms with Gasteiger partial charge in [0, 0.05) is 0 Å². The Morgan fingerprint density at radius 2 is 2.12 bits per heavy atom. The second-order valence-electron chi connectivity index (χ2n) is 4.19.